The molecule has 0 radical (unpaired) electrons. The van der Waals surface area contributed by atoms with Gasteiger partial charge in [0.15, 0.2) is 0 Å². The third-order valence-electron chi connectivity index (χ3n) is 3.97. The standard InChI is InChI=1S/C21H16N2.C2H6/c1-15-11-18(17-6-4-10-22-14-17)13-19(12-15)21-9-8-16-5-2-3-7-20(16)23-21;1-2/h2-14H,1H3;1-2H3. The van der Waals surface area contributed by atoms with Gasteiger partial charge in [-0.25, -0.2) is 4.98 Å². The van der Waals surface area contributed by atoms with Gasteiger partial charge in [0, 0.05) is 28.9 Å². The molecule has 0 bridgehead atoms. The summed E-state index contributed by atoms with van der Waals surface area (Å²) in [6.45, 7) is 6.12. The summed E-state index contributed by atoms with van der Waals surface area (Å²) >= 11 is 0. The smallest absolute Gasteiger partial charge is 0.0710 e. The molecule has 0 N–H and O–H groups in total. The average molecular weight is 326 g/mol. The second-order valence-electron chi connectivity index (χ2n) is 5.72. The Bertz CT molecular complexity index is 975. The molecule has 4 aromatic rings. The second-order valence-corrected chi connectivity index (χ2v) is 5.72. The van der Waals surface area contributed by atoms with Gasteiger partial charge in [-0.15, -0.1) is 0 Å². The summed E-state index contributed by atoms with van der Waals surface area (Å²) in [6.07, 6.45) is 3.69. The molecule has 2 heteroatoms. The van der Waals surface area contributed by atoms with Crippen molar-refractivity contribution in [1.82, 2.24) is 9.97 Å². The van der Waals surface area contributed by atoms with E-state index in [4.69, 9.17) is 4.98 Å². The number of aromatic nitrogens is 2. The largest absolute Gasteiger partial charge is 0.264 e. The quantitative estimate of drug-likeness (QED) is 0.432. The fourth-order valence-electron chi connectivity index (χ4n) is 2.86. The van der Waals surface area contributed by atoms with E-state index in [1.54, 1.807) is 6.20 Å². The Morgan fingerprint density at radius 2 is 1.52 bits per heavy atom. The fourth-order valence-corrected chi connectivity index (χ4v) is 2.86. The lowest BCUT2D eigenvalue weighted by atomic mass is 9.99. The van der Waals surface area contributed by atoms with E-state index in [0.717, 1.165) is 27.7 Å². The molecule has 4 rings (SSSR count). The molecule has 0 fully saturated rings. The van der Waals surface area contributed by atoms with Crippen molar-refractivity contribution in [2.24, 2.45) is 0 Å². The highest BCUT2D eigenvalue weighted by molar-refractivity contribution is 5.82. The van der Waals surface area contributed by atoms with E-state index < -0.39 is 0 Å². The molecule has 0 aliphatic rings. The van der Waals surface area contributed by atoms with E-state index in [1.165, 1.54) is 11.1 Å². The Morgan fingerprint density at radius 1 is 0.720 bits per heavy atom. The summed E-state index contributed by atoms with van der Waals surface area (Å²) < 4.78 is 0. The van der Waals surface area contributed by atoms with E-state index in [9.17, 15) is 0 Å². The zero-order valence-corrected chi connectivity index (χ0v) is 14.9. The van der Waals surface area contributed by atoms with Crippen LogP contribution in [0, 0.1) is 6.92 Å². The molecule has 0 unspecified atom stereocenters. The first kappa shape index (κ1) is 16.8. The van der Waals surface area contributed by atoms with Crippen LogP contribution in [0.1, 0.15) is 19.4 Å². The Kier molecular flexibility index (Phi) is 5.20. The van der Waals surface area contributed by atoms with Gasteiger partial charge in [-0.1, -0.05) is 50.2 Å². The van der Waals surface area contributed by atoms with Crippen molar-refractivity contribution in [3.8, 4) is 22.4 Å². The first-order chi connectivity index (χ1) is 12.3. The number of pyridine rings is 2. The molecule has 2 nitrogen and oxygen atoms in total. The Hall–Kier alpha value is -3.00. The molecule has 0 amide bonds. The van der Waals surface area contributed by atoms with E-state index in [-0.39, 0.29) is 0 Å². The fraction of sp³-hybridized carbons (Fsp3) is 0.130. The number of nitrogens with zero attached hydrogens (tertiary/aromatic N) is 2. The van der Waals surface area contributed by atoms with Crippen LogP contribution in [0.5, 0.6) is 0 Å². The van der Waals surface area contributed by atoms with Crippen molar-refractivity contribution in [3.63, 3.8) is 0 Å². The third-order valence-corrected chi connectivity index (χ3v) is 3.97. The predicted molar refractivity (Wildman–Crippen MR) is 106 cm³/mol. The molecule has 0 aliphatic carbocycles. The number of para-hydroxylation sites is 1. The van der Waals surface area contributed by atoms with Crippen LogP contribution in [0.15, 0.2) is 79.1 Å². The maximum atomic E-state index is 4.81. The monoisotopic (exact) mass is 326 g/mol. The van der Waals surface area contributed by atoms with Crippen molar-refractivity contribution in [1.29, 1.82) is 0 Å². The molecular formula is C23H22N2. The molecule has 124 valence electrons. The normalized spacial score (nSPS) is 10.2. The van der Waals surface area contributed by atoms with Crippen molar-refractivity contribution in [2.75, 3.05) is 0 Å². The number of rotatable bonds is 2. The van der Waals surface area contributed by atoms with Gasteiger partial charge in [-0.3, -0.25) is 4.98 Å². The Balaban J connectivity index is 0.000000880. The molecule has 0 saturated carbocycles. The van der Waals surface area contributed by atoms with Crippen molar-refractivity contribution < 1.29 is 0 Å². The summed E-state index contributed by atoms with van der Waals surface area (Å²) in [6, 6.07) is 23.0. The molecule has 0 aliphatic heterocycles. The number of hydrogen-bond donors (Lipinski definition) is 0. The first-order valence-electron chi connectivity index (χ1n) is 8.68. The van der Waals surface area contributed by atoms with Gasteiger partial charge in [-0.2, -0.15) is 0 Å². The SMILES string of the molecule is CC.Cc1cc(-c2cccnc2)cc(-c2ccc3ccccc3n2)c1. The van der Waals surface area contributed by atoms with Gasteiger partial charge in [0.1, 0.15) is 0 Å². The number of hydrogen-bond acceptors (Lipinski definition) is 2. The second kappa shape index (κ2) is 7.71. The van der Waals surface area contributed by atoms with Crippen molar-refractivity contribution in [2.45, 2.75) is 20.8 Å². The highest BCUT2D eigenvalue weighted by Crippen LogP contribution is 2.28. The van der Waals surface area contributed by atoms with Gasteiger partial charge >= 0.3 is 0 Å². The summed E-state index contributed by atoms with van der Waals surface area (Å²) in [7, 11) is 0. The van der Waals surface area contributed by atoms with Crippen LogP contribution in [0.4, 0.5) is 0 Å². The minimum atomic E-state index is 0.998. The van der Waals surface area contributed by atoms with Crippen LogP contribution in [-0.2, 0) is 0 Å². The van der Waals surface area contributed by atoms with Crippen molar-refractivity contribution >= 4 is 10.9 Å². The van der Waals surface area contributed by atoms with Crippen LogP contribution < -0.4 is 0 Å². The lowest BCUT2D eigenvalue weighted by molar-refractivity contribution is 1.32. The van der Waals surface area contributed by atoms with Gasteiger partial charge in [-0.05, 0) is 48.4 Å². The Morgan fingerprint density at radius 3 is 2.32 bits per heavy atom. The lowest BCUT2D eigenvalue weighted by Crippen LogP contribution is -1.88. The van der Waals surface area contributed by atoms with Gasteiger partial charge < -0.3 is 0 Å². The van der Waals surface area contributed by atoms with E-state index in [1.807, 2.05) is 38.2 Å². The first-order valence-corrected chi connectivity index (χ1v) is 8.68. The molecular weight excluding hydrogens is 304 g/mol. The average Bonchev–Trinajstić information content (AvgIpc) is 2.69. The number of fused-ring (bicyclic) bond motifs is 1. The van der Waals surface area contributed by atoms with E-state index in [0.29, 0.717) is 0 Å². The summed E-state index contributed by atoms with van der Waals surface area (Å²) in [5.74, 6) is 0. The molecule has 25 heavy (non-hydrogen) atoms. The lowest BCUT2D eigenvalue weighted by Gasteiger charge is -2.08. The molecule has 2 heterocycles. The Labute approximate surface area is 149 Å². The zero-order chi connectivity index (χ0) is 17.6. The van der Waals surface area contributed by atoms with Gasteiger partial charge in [0.25, 0.3) is 0 Å². The number of aryl methyl sites for hydroxylation is 1. The molecule has 0 atom stereocenters. The van der Waals surface area contributed by atoms with Crippen LogP contribution in [0.25, 0.3) is 33.3 Å². The van der Waals surface area contributed by atoms with Crippen molar-refractivity contribution in [3.05, 3.63) is 84.7 Å². The highest BCUT2D eigenvalue weighted by atomic mass is 14.7. The minimum absolute atomic E-state index is 0.998. The highest BCUT2D eigenvalue weighted by Gasteiger charge is 2.06. The maximum absolute atomic E-state index is 4.81. The molecule has 0 saturated heterocycles. The van der Waals surface area contributed by atoms with Crippen LogP contribution in [0.2, 0.25) is 0 Å². The molecule has 0 spiro atoms. The minimum Gasteiger partial charge on any atom is -0.264 e. The zero-order valence-electron chi connectivity index (χ0n) is 14.9. The number of benzene rings is 2. The van der Waals surface area contributed by atoms with E-state index >= 15 is 0 Å². The van der Waals surface area contributed by atoms with Crippen LogP contribution in [-0.4, -0.2) is 9.97 Å². The summed E-state index contributed by atoms with van der Waals surface area (Å²) in [5.41, 5.74) is 6.67. The summed E-state index contributed by atoms with van der Waals surface area (Å²) in [4.78, 5) is 9.02. The maximum Gasteiger partial charge on any atom is 0.0710 e. The van der Waals surface area contributed by atoms with Gasteiger partial charge in [0.2, 0.25) is 0 Å². The topological polar surface area (TPSA) is 25.8 Å². The predicted octanol–water partition coefficient (Wildman–Crippen LogP) is 6.30. The summed E-state index contributed by atoms with van der Waals surface area (Å²) in [5, 5.41) is 1.16. The van der Waals surface area contributed by atoms with Crippen LogP contribution >= 0.6 is 0 Å². The van der Waals surface area contributed by atoms with E-state index in [2.05, 4.69) is 60.4 Å². The molecule has 2 aromatic heterocycles. The molecule has 2 aromatic carbocycles. The third kappa shape index (κ3) is 3.74. The van der Waals surface area contributed by atoms with Gasteiger partial charge in [0.05, 0.1) is 11.2 Å². The van der Waals surface area contributed by atoms with Crippen LogP contribution in [0.3, 0.4) is 0 Å².